The van der Waals surface area contributed by atoms with E-state index in [2.05, 4.69) is 19.1 Å². The van der Waals surface area contributed by atoms with Crippen molar-refractivity contribution < 1.29 is 12.9 Å². The van der Waals surface area contributed by atoms with Crippen molar-refractivity contribution in [3.8, 4) is 0 Å². The molecule has 62 valence electrons. The lowest BCUT2D eigenvalue weighted by atomic mass is 10.7. The minimum atomic E-state index is -3.46. The second kappa shape index (κ2) is 2.89. The molecule has 0 aliphatic carbocycles. The smallest absolute Gasteiger partial charge is 0.300 e. The summed E-state index contributed by atoms with van der Waals surface area (Å²) in [6.07, 6.45) is 1.27. The largest absolute Gasteiger partial charge is 0.363 e. The molecule has 7 heteroatoms. The monoisotopic (exact) mass is 177 g/mol. The first-order chi connectivity index (χ1) is 5.14. The van der Waals surface area contributed by atoms with Crippen molar-refractivity contribution in [1.29, 1.82) is 0 Å². The van der Waals surface area contributed by atoms with Crippen LogP contribution in [0.1, 0.15) is 0 Å². The normalized spacial score (nSPS) is 11.4. The quantitative estimate of drug-likeness (QED) is 0.655. The van der Waals surface area contributed by atoms with E-state index in [9.17, 15) is 8.42 Å². The lowest BCUT2D eigenvalue weighted by molar-refractivity contribution is 0.423. The molecule has 0 atom stereocenters. The van der Waals surface area contributed by atoms with Gasteiger partial charge in [0.05, 0.1) is 0 Å². The number of rotatable bonds is 3. The van der Waals surface area contributed by atoms with Gasteiger partial charge in [-0.25, -0.2) is 4.72 Å². The van der Waals surface area contributed by atoms with Crippen LogP contribution in [0.25, 0.3) is 0 Å². The summed E-state index contributed by atoms with van der Waals surface area (Å²) in [6, 6.07) is 1.40. The van der Waals surface area contributed by atoms with E-state index in [1.54, 1.807) is 0 Å². The van der Waals surface area contributed by atoms with Crippen LogP contribution in [0, 0.1) is 0 Å². The standard InChI is InChI=1S/C4H7N3O3S/c1-5-11(8,9)7-4-2-3-10-6-4/h2-3,5H,1H3,(H,6,7). The molecule has 0 saturated heterocycles. The van der Waals surface area contributed by atoms with Gasteiger partial charge in [0.2, 0.25) is 0 Å². The maximum atomic E-state index is 10.8. The van der Waals surface area contributed by atoms with Crippen LogP contribution in [0.4, 0.5) is 5.82 Å². The van der Waals surface area contributed by atoms with Crippen molar-refractivity contribution >= 4 is 16.0 Å². The highest BCUT2D eigenvalue weighted by Crippen LogP contribution is 2.01. The van der Waals surface area contributed by atoms with Gasteiger partial charge in [-0.1, -0.05) is 5.16 Å². The van der Waals surface area contributed by atoms with Crippen LogP contribution in [-0.2, 0) is 10.2 Å². The molecule has 0 aliphatic rings. The maximum absolute atomic E-state index is 10.8. The summed E-state index contributed by atoms with van der Waals surface area (Å²) in [5.41, 5.74) is 0. The van der Waals surface area contributed by atoms with E-state index in [0.29, 0.717) is 0 Å². The molecule has 0 saturated carbocycles. The Morgan fingerprint density at radius 1 is 1.64 bits per heavy atom. The van der Waals surface area contributed by atoms with Crippen molar-refractivity contribution in [2.75, 3.05) is 11.8 Å². The number of nitrogens with one attached hydrogen (secondary N) is 2. The molecule has 0 spiro atoms. The summed E-state index contributed by atoms with van der Waals surface area (Å²) in [6.45, 7) is 0. The Hall–Kier alpha value is -1.08. The topological polar surface area (TPSA) is 84.2 Å². The Labute approximate surface area is 63.8 Å². The summed E-state index contributed by atoms with van der Waals surface area (Å²) >= 11 is 0. The number of hydrogen-bond donors (Lipinski definition) is 2. The van der Waals surface area contributed by atoms with Crippen molar-refractivity contribution in [1.82, 2.24) is 9.88 Å². The highest BCUT2D eigenvalue weighted by molar-refractivity contribution is 7.90. The van der Waals surface area contributed by atoms with Crippen LogP contribution in [0.3, 0.4) is 0 Å². The Bertz CT molecular complexity index is 303. The Balaban J connectivity index is 2.72. The molecule has 0 radical (unpaired) electrons. The number of hydrogen-bond acceptors (Lipinski definition) is 4. The molecule has 11 heavy (non-hydrogen) atoms. The lowest BCUT2D eigenvalue weighted by Crippen LogP contribution is -2.26. The van der Waals surface area contributed by atoms with Crippen LogP contribution in [-0.4, -0.2) is 20.6 Å². The van der Waals surface area contributed by atoms with Crippen LogP contribution in [0.5, 0.6) is 0 Å². The van der Waals surface area contributed by atoms with Gasteiger partial charge in [-0.2, -0.15) is 8.42 Å². The fourth-order valence-electron chi connectivity index (χ4n) is 0.454. The van der Waals surface area contributed by atoms with Crippen LogP contribution in [0.15, 0.2) is 16.9 Å². The molecule has 6 nitrogen and oxygen atoms in total. The zero-order valence-corrected chi connectivity index (χ0v) is 6.55. The molecule has 0 aliphatic heterocycles. The molecule has 0 fully saturated rings. The minimum Gasteiger partial charge on any atom is -0.363 e. The summed E-state index contributed by atoms with van der Waals surface area (Å²) in [5.74, 6) is 0.152. The highest BCUT2D eigenvalue weighted by Gasteiger charge is 2.06. The molecule has 0 amide bonds. The molecule has 0 unspecified atom stereocenters. The van der Waals surface area contributed by atoms with Gasteiger partial charge in [0, 0.05) is 13.1 Å². The van der Waals surface area contributed by atoms with Crippen molar-refractivity contribution in [2.24, 2.45) is 0 Å². The number of anilines is 1. The fraction of sp³-hybridized carbons (Fsp3) is 0.250. The van der Waals surface area contributed by atoms with Crippen molar-refractivity contribution in [3.63, 3.8) is 0 Å². The van der Waals surface area contributed by atoms with Gasteiger partial charge < -0.3 is 4.52 Å². The van der Waals surface area contributed by atoms with E-state index < -0.39 is 10.2 Å². The fourth-order valence-corrected chi connectivity index (χ4v) is 0.937. The van der Waals surface area contributed by atoms with Gasteiger partial charge in [-0.3, -0.25) is 4.72 Å². The molecule has 1 aromatic rings. The predicted molar refractivity (Wildman–Crippen MR) is 38.1 cm³/mol. The van der Waals surface area contributed by atoms with E-state index in [0.717, 1.165) is 0 Å². The SMILES string of the molecule is CNS(=O)(=O)Nc1ccon1. The maximum Gasteiger partial charge on any atom is 0.300 e. The Kier molecular flexibility index (Phi) is 2.11. The summed E-state index contributed by atoms with van der Waals surface area (Å²) in [4.78, 5) is 0. The molecular weight excluding hydrogens is 170 g/mol. The third-order valence-corrected chi connectivity index (χ3v) is 1.96. The Morgan fingerprint density at radius 3 is 2.82 bits per heavy atom. The molecule has 1 rings (SSSR count). The molecule has 2 N–H and O–H groups in total. The first-order valence-electron chi connectivity index (χ1n) is 2.76. The van der Waals surface area contributed by atoms with Gasteiger partial charge >= 0.3 is 0 Å². The third kappa shape index (κ3) is 2.20. The van der Waals surface area contributed by atoms with Crippen LogP contribution >= 0.6 is 0 Å². The van der Waals surface area contributed by atoms with E-state index in [-0.39, 0.29) is 5.82 Å². The predicted octanol–water partition coefficient (Wildman–Crippen LogP) is -0.449. The van der Waals surface area contributed by atoms with Gasteiger partial charge in [-0.05, 0) is 0 Å². The second-order valence-corrected chi connectivity index (χ2v) is 3.31. The summed E-state index contributed by atoms with van der Waals surface area (Å²) in [5, 5.41) is 3.34. The summed E-state index contributed by atoms with van der Waals surface area (Å²) < 4.78 is 30.1. The van der Waals surface area contributed by atoms with Gasteiger partial charge in [0.1, 0.15) is 6.26 Å². The van der Waals surface area contributed by atoms with E-state index in [1.165, 1.54) is 19.4 Å². The Morgan fingerprint density at radius 2 is 2.36 bits per heavy atom. The third-order valence-electron chi connectivity index (χ3n) is 0.945. The highest BCUT2D eigenvalue weighted by atomic mass is 32.2. The molecule has 1 heterocycles. The first kappa shape index (κ1) is 8.02. The van der Waals surface area contributed by atoms with Gasteiger partial charge in [-0.15, -0.1) is 0 Å². The average Bonchev–Trinajstić information content (AvgIpc) is 2.39. The number of nitrogens with zero attached hydrogens (tertiary/aromatic N) is 1. The van der Waals surface area contributed by atoms with Gasteiger partial charge in [0.25, 0.3) is 10.2 Å². The number of aromatic nitrogens is 1. The second-order valence-electron chi connectivity index (χ2n) is 1.69. The van der Waals surface area contributed by atoms with Gasteiger partial charge in [0.15, 0.2) is 5.82 Å². The zero-order valence-electron chi connectivity index (χ0n) is 5.73. The van der Waals surface area contributed by atoms with Crippen LogP contribution in [0.2, 0.25) is 0 Å². The van der Waals surface area contributed by atoms with E-state index in [1.807, 2.05) is 0 Å². The van der Waals surface area contributed by atoms with Crippen molar-refractivity contribution in [3.05, 3.63) is 12.3 Å². The molecule has 0 aromatic carbocycles. The minimum absolute atomic E-state index is 0.152. The molecular formula is C4H7N3O3S. The lowest BCUT2D eigenvalue weighted by Gasteiger charge is -1.99. The molecule has 1 aromatic heterocycles. The summed E-state index contributed by atoms with van der Waals surface area (Å²) in [7, 11) is -2.17. The molecule has 0 bridgehead atoms. The van der Waals surface area contributed by atoms with E-state index >= 15 is 0 Å². The van der Waals surface area contributed by atoms with Crippen molar-refractivity contribution in [2.45, 2.75) is 0 Å². The van der Waals surface area contributed by atoms with Crippen LogP contribution < -0.4 is 9.44 Å². The first-order valence-corrected chi connectivity index (χ1v) is 4.24. The average molecular weight is 177 g/mol. The van der Waals surface area contributed by atoms with E-state index in [4.69, 9.17) is 0 Å². The zero-order chi connectivity index (χ0) is 8.32.